The largest absolute Gasteiger partial charge is 0.448 e. The van der Waals surface area contributed by atoms with Crippen LogP contribution < -0.4 is 5.73 Å². The number of rotatable bonds is 3. The summed E-state index contributed by atoms with van der Waals surface area (Å²) in [6, 6.07) is 0. The smallest absolute Gasteiger partial charge is 0.181 e. The van der Waals surface area contributed by atoms with Crippen LogP contribution >= 0.6 is 0 Å². The lowest BCUT2D eigenvalue weighted by Gasteiger charge is -2.05. The number of hydrogen-bond donors (Lipinski definition) is 1. The zero-order valence-corrected chi connectivity index (χ0v) is 7.00. The minimum Gasteiger partial charge on any atom is -0.448 e. The number of nitrogens with two attached hydrogens (primary N) is 1. The molecule has 1 aromatic rings. The molecule has 11 heavy (non-hydrogen) atoms. The molecule has 0 aliphatic carbocycles. The second-order valence-electron chi connectivity index (χ2n) is 2.78. The molecular formula is C8H14N2O. The molecule has 0 aliphatic rings. The molecule has 0 saturated carbocycles. The summed E-state index contributed by atoms with van der Waals surface area (Å²) < 4.78 is 5.21. The van der Waals surface area contributed by atoms with Crippen molar-refractivity contribution < 1.29 is 4.42 Å². The van der Waals surface area contributed by atoms with Gasteiger partial charge in [-0.15, -0.1) is 0 Å². The number of oxazole rings is 1. The molecule has 2 N–H and O–H groups in total. The second-order valence-corrected chi connectivity index (χ2v) is 2.78. The van der Waals surface area contributed by atoms with E-state index in [-0.39, 0.29) is 0 Å². The van der Waals surface area contributed by atoms with E-state index < -0.39 is 0 Å². The Bertz CT molecular complexity index is 220. The van der Waals surface area contributed by atoms with E-state index in [1.807, 2.05) is 6.92 Å². The number of aromatic nitrogens is 1. The lowest BCUT2D eigenvalue weighted by atomic mass is 10.0. The van der Waals surface area contributed by atoms with E-state index in [0.29, 0.717) is 12.5 Å². The normalized spacial score (nSPS) is 13.4. The molecule has 1 aromatic heterocycles. The van der Waals surface area contributed by atoms with Crippen LogP contribution in [-0.2, 0) is 0 Å². The summed E-state index contributed by atoms with van der Waals surface area (Å²) in [7, 11) is 0. The third kappa shape index (κ3) is 1.80. The molecule has 0 fully saturated rings. The molecule has 3 nitrogen and oxygen atoms in total. The first-order chi connectivity index (χ1) is 5.25. The molecule has 1 rings (SSSR count). The Morgan fingerprint density at radius 2 is 2.45 bits per heavy atom. The molecule has 0 saturated heterocycles. The van der Waals surface area contributed by atoms with Crippen LogP contribution in [0.4, 0.5) is 0 Å². The van der Waals surface area contributed by atoms with Crippen molar-refractivity contribution in [3.8, 4) is 0 Å². The highest BCUT2D eigenvalue weighted by Gasteiger charge is 2.11. The van der Waals surface area contributed by atoms with E-state index in [4.69, 9.17) is 10.2 Å². The van der Waals surface area contributed by atoms with Gasteiger partial charge in [-0.1, -0.05) is 6.92 Å². The average molecular weight is 154 g/mol. The van der Waals surface area contributed by atoms with Gasteiger partial charge in [0.25, 0.3) is 0 Å². The topological polar surface area (TPSA) is 52.0 Å². The number of nitrogens with zero attached hydrogens (tertiary/aromatic N) is 1. The van der Waals surface area contributed by atoms with Crippen LogP contribution in [0.25, 0.3) is 0 Å². The van der Waals surface area contributed by atoms with Gasteiger partial charge < -0.3 is 10.2 Å². The lowest BCUT2D eigenvalue weighted by molar-refractivity contribution is 0.458. The van der Waals surface area contributed by atoms with Crippen LogP contribution in [0.5, 0.6) is 0 Å². The highest BCUT2D eigenvalue weighted by atomic mass is 16.3. The molecule has 0 spiro atoms. The molecule has 1 atom stereocenters. The van der Waals surface area contributed by atoms with Crippen LogP contribution in [0.3, 0.4) is 0 Å². The van der Waals surface area contributed by atoms with Crippen LogP contribution in [0.2, 0.25) is 0 Å². The van der Waals surface area contributed by atoms with Crippen molar-refractivity contribution in [1.29, 1.82) is 0 Å². The summed E-state index contributed by atoms with van der Waals surface area (Å²) in [5.41, 5.74) is 6.40. The van der Waals surface area contributed by atoms with Crippen molar-refractivity contribution in [2.24, 2.45) is 5.73 Å². The SMILES string of the molecule is Cc1ncoc1C(C)CCN. The fraction of sp³-hybridized carbons (Fsp3) is 0.625. The van der Waals surface area contributed by atoms with Crippen molar-refractivity contribution in [3.05, 3.63) is 17.8 Å². The molecule has 0 aromatic carbocycles. The Balaban J connectivity index is 2.67. The van der Waals surface area contributed by atoms with Crippen molar-refractivity contribution in [2.45, 2.75) is 26.2 Å². The van der Waals surface area contributed by atoms with Gasteiger partial charge in [-0.05, 0) is 19.9 Å². The van der Waals surface area contributed by atoms with E-state index in [9.17, 15) is 0 Å². The molecule has 1 unspecified atom stereocenters. The van der Waals surface area contributed by atoms with Crippen molar-refractivity contribution in [3.63, 3.8) is 0 Å². The van der Waals surface area contributed by atoms with Crippen molar-refractivity contribution in [1.82, 2.24) is 4.98 Å². The average Bonchev–Trinajstić information content (AvgIpc) is 2.36. The maximum Gasteiger partial charge on any atom is 0.181 e. The van der Waals surface area contributed by atoms with Gasteiger partial charge in [0.1, 0.15) is 5.76 Å². The summed E-state index contributed by atoms with van der Waals surface area (Å²) in [4.78, 5) is 4.01. The van der Waals surface area contributed by atoms with Gasteiger partial charge in [-0.3, -0.25) is 0 Å². The van der Waals surface area contributed by atoms with Gasteiger partial charge in [-0.2, -0.15) is 0 Å². The van der Waals surface area contributed by atoms with E-state index in [1.165, 1.54) is 6.39 Å². The van der Waals surface area contributed by atoms with Gasteiger partial charge in [0.2, 0.25) is 0 Å². The number of aryl methyl sites for hydroxylation is 1. The van der Waals surface area contributed by atoms with Crippen LogP contribution in [0.15, 0.2) is 10.8 Å². The minimum atomic E-state index is 0.391. The van der Waals surface area contributed by atoms with Crippen LogP contribution in [-0.4, -0.2) is 11.5 Å². The van der Waals surface area contributed by atoms with Crippen molar-refractivity contribution >= 4 is 0 Å². The Morgan fingerprint density at radius 3 is 2.91 bits per heavy atom. The van der Waals surface area contributed by atoms with Crippen LogP contribution in [0.1, 0.15) is 30.7 Å². The Kier molecular flexibility index (Phi) is 2.65. The molecule has 62 valence electrons. The minimum absolute atomic E-state index is 0.391. The first-order valence-electron chi connectivity index (χ1n) is 3.85. The zero-order chi connectivity index (χ0) is 8.27. The standard InChI is InChI=1S/C8H14N2O/c1-6(3-4-9)8-7(2)10-5-11-8/h5-6H,3-4,9H2,1-2H3. The lowest BCUT2D eigenvalue weighted by Crippen LogP contribution is -2.04. The Hall–Kier alpha value is -0.830. The Labute approximate surface area is 66.6 Å². The molecule has 0 aliphatic heterocycles. The predicted molar refractivity (Wildman–Crippen MR) is 43.3 cm³/mol. The predicted octanol–water partition coefficient (Wildman–Crippen LogP) is 1.44. The van der Waals surface area contributed by atoms with E-state index in [0.717, 1.165) is 17.9 Å². The maximum absolute atomic E-state index is 5.42. The first-order valence-corrected chi connectivity index (χ1v) is 3.85. The molecule has 0 amide bonds. The number of hydrogen-bond acceptors (Lipinski definition) is 3. The molecule has 0 radical (unpaired) electrons. The van der Waals surface area contributed by atoms with Gasteiger partial charge in [0.15, 0.2) is 6.39 Å². The summed E-state index contributed by atoms with van der Waals surface area (Å²) in [6.07, 6.45) is 2.44. The van der Waals surface area contributed by atoms with Gasteiger partial charge in [-0.25, -0.2) is 4.98 Å². The van der Waals surface area contributed by atoms with E-state index in [1.54, 1.807) is 0 Å². The van der Waals surface area contributed by atoms with Crippen molar-refractivity contribution in [2.75, 3.05) is 6.54 Å². The zero-order valence-electron chi connectivity index (χ0n) is 7.00. The second kappa shape index (κ2) is 3.53. The molecule has 3 heteroatoms. The van der Waals surface area contributed by atoms with Gasteiger partial charge in [0, 0.05) is 5.92 Å². The summed E-state index contributed by atoms with van der Waals surface area (Å²) >= 11 is 0. The van der Waals surface area contributed by atoms with Crippen LogP contribution in [0, 0.1) is 6.92 Å². The summed E-state index contributed by atoms with van der Waals surface area (Å²) in [6.45, 7) is 4.74. The Morgan fingerprint density at radius 1 is 1.73 bits per heavy atom. The molecule has 0 bridgehead atoms. The third-order valence-electron chi connectivity index (χ3n) is 1.83. The quantitative estimate of drug-likeness (QED) is 0.716. The van der Waals surface area contributed by atoms with E-state index >= 15 is 0 Å². The first kappa shape index (κ1) is 8.27. The third-order valence-corrected chi connectivity index (χ3v) is 1.83. The maximum atomic E-state index is 5.42. The highest BCUT2D eigenvalue weighted by molar-refractivity contribution is 5.09. The summed E-state index contributed by atoms with van der Waals surface area (Å²) in [5.74, 6) is 1.36. The monoisotopic (exact) mass is 154 g/mol. The summed E-state index contributed by atoms with van der Waals surface area (Å²) in [5, 5.41) is 0. The van der Waals surface area contributed by atoms with Gasteiger partial charge in [0.05, 0.1) is 5.69 Å². The fourth-order valence-electron chi connectivity index (χ4n) is 1.16. The van der Waals surface area contributed by atoms with E-state index in [2.05, 4.69) is 11.9 Å². The molecule has 1 heterocycles. The highest BCUT2D eigenvalue weighted by Crippen LogP contribution is 2.20. The molecular weight excluding hydrogens is 140 g/mol. The fourth-order valence-corrected chi connectivity index (χ4v) is 1.16. The van der Waals surface area contributed by atoms with Gasteiger partial charge >= 0.3 is 0 Å².